The van der Waals surface area contributed by atoms with E-state index in [0.717, 1.165) is 32.6 Å². The first-order valence-electron chi connectivity index (χ1n) is 9.05. The number of aryl methyl sites for hydroxylation is 1. The molecule has 2 aromatic carbocycles. The first-order valence-corrected chi connectivity index (χ1v) is 9.05. The van der Waals surface area contributed by atoms with E-state index in [1.54, 1.807) is 0 Å². The molecule has 0 aliphatic carbocycles. The molecular weight excluding hydrogens is 310 g/mol. The lowest BCUT2D eigenvalue weighted by atomic mass is 10.1. The number of para-hydroxylation sites is 2. The number of hydrogen-bond acceptors (Lipinski definition) is 3. The smallest absolute Gasteiger partial charge is 0.245 e. The number of hydrogen-bond donors (Lipinski definition) is 0. The van der Waals surface area contributed by atoms with Gasteiger partial charge in [0.15, 0.2) is 0 Å². The molecule has 1 atom stereocenters. The number of amides is 1. The first-order chi connectivity index (χ1) is 12.1. The molecule has 2 aliphatic heterocycles. The Morgan fingerprint density at radius 3 is 2.24 bits per heavy atom. The molecule has 0 bridgehead atoms. The predicted octanol–water partition coefficient (Wildman–Crippen LogP) is 2.70. The lowest BCUT2D eigenvalue weighted by Crippen LogP contribution is -2.54. The number of anilines is 2. The summed E-state index contributed by atoms with van der Waals surface area (Å²) in [4.78, 5) is 19.6. The summed E-state index contributed by atoms with van der Waals surface area (Å²) in [5.74, 6) is 0.267. The Balaban J connectivity index is 1.42. The molecule has 1 amide bonds. The number of carbonyl (C=O) groups excluding carboxylic acids is 1. The fourth-order valence-corrected chi connectivity index (χ4v) is 4.09. The summed E-state index contributed by atoms with van der Waals surface area (Å²) in [6, 6.07) is 16.8. The number of likely N-dealkylation sites (N-methyl/N-ethyl adjacent to an activating group) is 1. The maximum absolute atomic E-state index is 13.1. The van der Waals surface area contributed by atoms with Gasteiger partial charge in [0, 0.05) is 51.0 Å². The van der Waals surface area contributed by atoms with Crippen LogP contribution in [0.15, 0.2) is 48.5 Å². The van der Waals surface area contributed by atoms with Crippen LogP contribution in [0.3, 0.4) is 0 Å². The lowest BCUT2D eigenvalue weighted by Gasteiger charge is -2.38. The Labute approximate surface area is 149 Å². The molecule has 4 heteroatoms. The van der Waals surface area contributed by atoms with Crippen LogP contribution in [0.2, 0.25) is 0 Å². The van der Waals surface area contributed by atoms with Gasteiger partial charge in [0.05, 0.1) is 0 Å². The topological polar surface area (TPSA) is 26.8 Å². The zero-order valence-electron chi connectivity index (χ0n) is 15.0. The van der Waals surface area contributed by atoms with E-state index >= 15 is 0 Å². The zero-order valence-corrected chi connectivity index (χ0v) is 15.0. The number of piperazine rings is 1. The van der Waals surface area contributed by atoms with Crippen molar-refractivity contribution in [2.75, 3.05) is 43.0 Å². The van der Waals surface area contributed by atoms with Gasteiger partial charge in [-0.25, -0.2) is 0 Å². The van der Waals surface area contributed by atoms with Crippen LogP contribution in [0, 0.1) is 6.92 Å². The molecule has 130 valence electrons. The van der Waals surface area contributed by atoms with Crippen molar-refractivity contribution in [1.82, 2.24) is 4.90 Å². The van der Waals surface area contributed by atoms with Crippen LogP contribution >= 0.6 is 0 Å². The largest absolute Gasteiger partial charge is 0.368 e. The van der Waals surface area contributed by atoms with Crippen molar-refractivity contribution in [3.63, 3.8) is 0 Å². The van der Waals surface area contributed by atoms with Gasteiger partial charge in [-0.15, -0.1) is 0 Å². The van der Waals surface area contributed by atoms with Crippen molar-refractivity contribution >= 4 is 17.3 Å². The molecule has 0 spiro atoms. The molecule has 0 radical (unpaired) electrons. The van der Waals surface area contributed by atoms with Crippen molar-refractivity contribution in [3.8, 4) is 0 Å². The molecular formula is C21H25N3O. The molecule has 0 aromatic heterocycles. The van der Waals surface area contributed by atoms with Crippen LogP contribution in [-0.4, -0.2) is 50.1 Å². The van der Waals surface area contributed by atoms with E-state index in [2.05, 4.69) is 59.2 Å². The second kappa shape index (κ2) is 6.43. The average Bonchev–Trinajstić information content (AvgIpc) is 2.99. The van der Waals surface area contributed by atoms with Gasteiger partial charge in [0.2, 0.25) is 5.91 Å². The third-order valence-corrected chi connectivity index (χ3v) is 5.58. The Morgan fingerprint density at radius 2 is 1.56 bits per heavy atom. The summed E-state index contributed by atoms with van der Waals surface area (Å²) in [7, 11) is 2.04. The number of fused-ring (bicyclic) bond motifs is 1. The Hall–Kier alpha value is -2.49. The van der Waals surface area contributed by atoms with Gasteiger partial charge >= 0.3 is 0 Å². The number of benzene rings is 2. The molecule has 25 heavy (non-hydrogen) atoms. The molecule has 0 saturated carbocycles. The van der Waals surface area contributed by atoms with Crippen LogP contribution in [-0.2, 0) is 11.2 Å². The van der Waals surface area contributed by atoms with E-state index in [4.69, 9.17) is 0 Å². The predicted molar refractivity (Wildman–Crippen MR) is 102 cm³/mol. The summed E-state index contributed by atoms with van der Waals surface area (Å²) in [5, 5.41) is 0. The van der Waals surface area contributed by atoms with Gasteiger partial charge in [-0.3, -0.25) is 4.79 Å². The summed E-state index contributed by atoms with van der Waals surface area (Å²) < 4.78 is 0. The Morgan fingerprint density at radius 1 is 0.920 bits per heavy atom. The fourth-order valence-electron chi connectivity index (χ4n) is 4.09. The van der Waals surface area contributed by atoms with Crippen molar-refractivity contribution in [2.45, 2.75) is 19.4 Å². The normalized spacial score (nSPS) is 19.9. The van der Waals surface area contributed by atoms with Crippen molar-refractivity contribution in [2.24, 2.45) is 0 Å². The van der Waals surface area contributed by atoms with Crippen LogP contribution in [0.1, 0.15) is 11.1 Å². The molecule has 1 fully saturated rings. The van der Waals surface area contributed by atoms with E-state index in [9.17, 15) is 4.79 Å². The van der Waals surface area contributed by atoms with Gasteiger partial charge in [-0.1, -0.05) is 36.4 Å². The molecule has 4 nitrogen and oxygen atoms in total. The van der Waals surface area contributed by atoms with Crippen molar-refractivity contribution in [3.05, 3.63) is 59.7 Å². The maximum Gasteiger partial charge on any atom is 0.245 e. The minimum Gasteiger partial charge on any atom is -0.368 e. The zero-order chi connectivity index (χ0) is 17.4. The second-order valence-electron chi connectivity index (χ2n) is 7.06. The summed E-state index contributed by atoms with van der Waals surface area (Å²) in [6.45, 7) is 5.55. The second-order valence-corrected chi connectivity index (χ2v) is 7.06. The van der Waals surface area contributed by atoms with Crippen LogP contribution in [0.25, 0.3) is 0 Å². The highest BCUT2D eigenvalue weighted by Crippen LogP contribution is 2.31. The standard InChI is InChI=1S/C21H25N3O/c1-16-7-3-5-9-18(16)23-11-13-24(14-12-23)21(25)20-15-17-8-4-6-10-19(17)22(20)2/h3-10,20H,11-15H2,1-2H3. The minimum absolute atomic E-state index is 0.0533. The van der Waals surface area contributed by atoms with Crippen molar-refractivity contribution < 1.29 is 4.79 Å². The van der Waals surface area contributed by atoms with E-state index in [-0.39, 0.29) is 11.9 Å². The first kappa shape index (κ1) is 16.0. The van der Waals surface area contributed by atoms with Crippen LogP contribution in [0.4, 0.5) is 11.4 Å². The van der Waals surface area contributed by atoms with E-state index in [0.29, 0.717) is 0 Å². The summed E-state index contributed by atoms with van der Waals surface area (Å²) >= 11 is 0. The van der Waals surface area contributed by atoms with E-state index in [1.807, 2.05) is 18.0 Å². The van der Waals surface area contributed by atoms with Gasteiger partial charge in [-0.05, 0) is 30.2 Å². The molecule has 1 saturated heterocycles. The number of nitrogens with zero attached hydrogens (tertiary/aromatic N) is 3. The summed E-state index contributed by atoms with van der Waals surface area (Å²) in [5.41, 5.74) is 5.06. The van der Waals surface area contributed by atoms with Crippen molar-refractivity contribution in [1.29, 1.82) is 0 Å². The number of rotatable bonds is 2. The SMILES string of the molecule is Cc1ccccc1N1CCN(C(=O)C2Cc3ccccc3N2C)CC1. The molecule has 0 N–H and O–H groups in total. The van der Waals surface area contributed by atoms with E-state index < -0.39 is 0 Å². The van der Waals surface area contributed by atoms with Gasteiger partial charge in [-0.2, -0.15) is 0 Å². The third kappa shape index (κ3) is 2.86. The highest BCUT2D eigenvalue weighted by atomic mass is 16.2. The molecule has 2 heterocycles. The van der Waals surface area contributed by atoms with Crippen LogP contribution < -0.4 is 9.80 Å². The Kier molecular flexibility index (Phi) is 4.12. The summed E-state index contributed by atoms with van der Waals surface area (Å²) in [6.07, 6.45) is 0.823. The molecule has 1 unspecified atom stereocenters. The van der Waals surface area contributed by atoms with E-state index in [1.165, 1.54) is 22.5 Å². The van der Waals surface area contributed by atoms with Gasteiger partial charge in [0.1, 0.15) is 6.04 Å². The quantitative estimate of drug-likeness (QED) is 0.844. The average molecular weight is 335 g/mol. The highest BCUT2D eigenvalue weighted by molar-refractivity contribution is 5.88. The minimum atomic E-state index is -0.0533. The maximum atomic E-state index is 13.1. The van der Waals surface area contributed by atoms with Gasteiger partial charge < -0.3 is 14.7 Å². The molecule has 4 rings (SSSR count). The molecule has 2 aromatic rings. The third-order valence-electron chi connectivity index (χ3n) is 5.58. The number of carbonyl (C=O) groups is 1. The Bertz CT molecular complexity index is 780. The molecule has 2 aliphatic rings. The highest BCUT2D eigenvalue weighted by Gasteiger charge is 2.35. The fraction of sp³-hybridized carbons (Fsp3) is 0.381. The van der Waals surface area contributed by atoms with Gasteiger partial charge in [0.25, 0.3) is 0 Å². The van der Waals surface area contributed by atoms with Crippen LogP contribution in [0.5, 0.6) is 0 Å². The monoisotopic (exact) mass is 335 g/mol. The lowest BCUT2D eigenvalue weighted by molar-refractivity contribution is -0.132.